The zero-order valence-electron chi connectivity index (χ0n) is 18.5. The molecule has 0 radical (unpaired) electrons. The number of rotatable bonds is 4. The van der Waals surface area contributed by atoms with Crippen molar-refractivity contribution in [1.29, 1.82) is 0 Å². The van der Waals surface area contributed by atoms with Gasteiger partial charge in [-0.1, -0.05) is 35.9 Å². The fraction of sp³-hybridized carbons (Fsp3) is 0.280. The van der Waals surface area contributed by atoms with Crippen molar-refractivity contribution in [3.63, 3.8) is 0 Å². The molecule has 2 aromatic heterocycles. The summed E-state index contributed by atoms with van der Waals surface area (Å²) < 4.78 is 1.88. The van der Waals surface area contributed by atoms with Gasteiger partial charge in [0.25, 0.3) is 0 Å². The third-order valence-corrected chi connectivity index (χ3v) is 5.99. The molecule has 4 aromatic rings. The molecule has 0 aliphatic carbocycles. The third-order valence-electron chi connectivity index (χ3n) is 5.99. The van der Waals surface area contributed by atoms with E-state index in [1.54, 1.807) is 0 Å². The van der Waals surface area contributed by atoms with Gasteiger partial charge >= 0.3 is 0 Å². The molecule has 1 aliphatic heterocycles. The second-order valence-corrected chi connectivity index (χ2v) is 8.65. The van der Waals surface area contributed by atoms with Crippen LogP contribution in [0.15, 0.2) is 48.8 Å². The second kappa shape index (κ2) is 7.75. The summed E-state index contributed by atoms with van der Waals surface area (Å²) >= 11 is 0. The number of benzene rings is 2. The summed E-state index contributed by atoms with van der Waals surface area (Å²) in [5, 5.41) is 5.59. The van der Waals surface area contributed by atoms with Crippen LogP contribution >= 0.6 is 0 Å². The number of aromatic nitrogens is 4. The number of carbonyl (C=O) groups excluding carboxylic acids is 1. The number of nitrogens with two attached hydrogens (primary N) is 1. The van der Waals surface area contributed by atoms with Gasteiger partial charge in [0.15, 0.2) is 5.65 Å². The summed E-state index contributed by atoms with van der Waals surface area (Å²) in [5.74, 6) is 0.543. The van der Waals surface area contributed by atoms with Gasteiger partial charge in [-0.05, 0) is 50.5 Å². The van der Waals surface area contributed by atoms with Crippen molar-refractivity contribution in [1.82, 2.24) is 19.7 Å². The first-order valence-corrected chi connectivity index (χ1v) is 10.9. The Labute approximate surface area is 186 Å². The van der Waals surface area contributed by atoms with Gasteiger partial charge in [-0.25, -0.2) is 14.6 Å². The molecule has 2 aromatic carbocycles. The first-order valence-electron chi connectivity index (χ1n) is 10.9. The van der Waals surface area contributed by atoms with E-state index in [9.17, 15) is 4.79 Å². The largest absolute Gasteiger partial charge is 0.383 e. The number of nitrogens with zero attached hydrogens (tertiary/aromatic N) is 5. The van der Waals surface area contributed by atoms with E-state index in [0.29, 0.717) is 18.8 Å². The molecule has 0 saturated carbocycles. The Balaban J connectivity index is 1.49. The van der Waals surface area contributed by atoms with Crippen LogP contribution in [0, 0.1) is 6.92 Å². The summed E-state index contributed by atoms with van der Waals surface area (Å²) in [5.41, 5.74) is 13.0. The van der Waals surface area contributed by atoms with Gasteiger partial charge in [0.05, 0.1) is 11.8 Å². The van der Waals surface area contributed by atoms with Gasteiger partial charge in [0.2, 0.25) is 5.91 Å². The first kappa shape index (κ1) is 20.2. The van der Waals surface area contributed by atoms with Crippen molar-refractivity contribution in [2.45, 2.75) is 39.7 Å². The van der Waals surface area contributed by atoms with E-state index in [1.807, 2.05) is 46.8 Å². The van der Waals surface area contributed by atoms with Crippen LogP contribution in [0.2, 0.25) is 0 Å². The summed E-state index contributed by atoms with van der Waals surface area (Å²) in [6.45, 7) is 6.86. The molecule has 7 nitrogen and oxygen atoms in total. The highest BCUT2D eigenvalue weighted by atomic mass is 16.2. The van der Waals surface area contributed by atoms with Gasteiger partial charge in [-0.3, -0.25) is 4.79 Å². The van der Waals surface area contributed by atoms with Crippen LogP contribution in [-0.2, 0) is 17.6 Å². The smallest absolute Gasteiger partial charge is 0.231 e. The predicted molar refractivity (Wildman–Crippen MR) is 126 cm³/mol. The Bertz CT molecular complexity index is 1340. The lowest BCUT2D eigenvalue weighted by atomic mass is 10.0. The summed E-state index contributed by atoms with van der Waals surface area (Å²) in [7, 11) is 0. The number of carbonyl (C=O) groups is 1. The minimum Gasteiger partial charge on any atom is -0.383 e. The number of hydrogen-bond donors (Lipinski definition) is 1. The molecule has 5 rings (SSSR count). The van der Waals surface area contributed by atoms with Crippen molar-refractivity contribution >= 4 is 28.4 Å². The molecule has 1 aliphatic rings. The van der Waals surface area contributed by atoms with Crippen LogP contribution in [0.1, 0.15) is 36.6 Å². The van der Waals surface area contributed by atoms with Crippen LogP contribution in [0.3, 0.4) is 0 Å². The zero-order chi connectivity index (χ0) is 22.4. The zero-order valence-corrected chi connectivity index (χ0v) is 18.5. The quantitative estimate of drug-likeness (QED) is 0.531. The van der Waals surface area contributed by atoms with Crippen LogP contribution < -0.4 is 10.6 Å². The minimum absolute atomic E-state index is 0.120. The lowest BCUT2D eigenvalue weighted by molar-refractivity contribution is -0.117. The normalized spacial score (nSPS) is 13.2. The molecule has 0 atom stereocenters. The van der Waals surface area contributed by atoms with Crippen molar-refractivity contribution in [2.24, 2.45) is 0 Å². The molecule has 0 bridgehead atoms. The highest BCUT2D eigenvalue weighted by Crippen LogP contribution is 2.36. The molecular formula is C25H26N6O. The van der Waals surface area contributed by atoms with Crippen molar-refractivity contribution < 1.29 is 4.79 Å². The molecule has 0 saturated heterocycles. The SMILES string of the molecule is Cc1cccc(CC(=O)N2CCc3cc(-c4nn(C(C)C)c5ncnc(N)c45)ccc32)c1. The number of nitrogen functional groups attached to an aromatic ring is 1. The van der Waals surface area contributed by atoms with Crippen molar-refractivity contribution in [3.05, 3.63) is 65.5 Å². The molecule has 0 unspecified atom stereocenters. The standard InChI is InChI=1S/C25H26N6O/c1-15(2)31-25-22(24(26)27-14-28-25)23(29-31)19-7-8-20-18(13-19)9-10-30(20)21(32)12-17-6-4-5-16(3)11-17/h4-8,11,13-15H,9-10,12H2,1-3H3,(H2,26,27,28). The summed E-state index contributed by atoms with van der Waals surface area (Å²) in [6.07, 6.45) is 2.69. The topological polar surface area (TPSA) is 89.9 Å². The van der Waals surface area contributed by atoms with Gasteiger partial charge < -0.3 is 10.6 Å². The van der Waals surface area contributed by atoms with Crippen molar-refractivity contribution in [2.75, 3.05) is 17.2 Å². The van der Waals surface area contributed by atoms with E-state index >= 15 is 0 Å². The van der Waals surface area contributed by atoms with Crippen LogP contribution in [-0.4, -0.2) is 32.2 Å². The highest BCUT2D eigenvalue weighted by Gasteiger charge is 2.26. The van der Waals surface area contributed by atoms with Crippen molar-refractivity contribution in [3.8, 4) is 11.3 Å². The van der Waals surface area contributed by atoms with E-state index < -0.39 is 0 Å². The molecule has 0 fully saturated rings. The monoisotopic (exact) mass is 426 g/mol. The van der Waals surface area contributed by atoms with Gasteiger partial charge in [-0.15, -0.1) is 0 Å². The lowest BCUT2D eigenvalue weighted by Gasteiger charge is -2.18. The maximum absolute atomic E-state index is 13.0. The predicted octanol–water partition coefficient (Wildman–Crippen LogP) is 4.10. The van der Waals surface area contributed by atoms with Gasteiger partial charge in [-0.2, -0.15) is 5.10 Å². The molecular weight excluding hydrogens is 400 g/mol. The Morgan fingerprint density at radius 3 is 2.78 bits per heavy atom. The number of anilines is 2. The summed E-state index contributed by atoms with van der Waals surface area (Å²) in [4.78, 5) is 23.5. The Hall–Kier alpha value is -3.74. The second-order valence-electron chi connectivity index (χ2n) is 8.65. The van der Waals surface area contributed by atoms with E-state index in [0.717, 1.165) is 51.1 Å². The Morgan fingerprint density at radius 1 is 1.16 bits per heavy atom. The van der Waals surface area contributed by atoms with E-state index in [2.05, 4.69) is 35.9 Å². The molecule has 162 valence electrons. The Morgan fingerprint density at radius 2 is 2.00 bits per heavy atom. The van der Waals surface area contributed by atoms with Gasteiger partial charge in [0, 0.05) is 23.8 Å². The summed E-state index contributed by atoms with van der Waals surface area (Å²) in [6, 6.07) is 14.4. The molecule has 0 spiro atoms. The third kappa shape index (κ3) is 3.39. The maximum Gasteiger partial charge on any atom is 0.231 e. The molecule has 32 heavy (non-hydrogen) atoms. The number of aryl methyl sites for hydroxylation is 1. The molecule has 3 heterocycles. The highest BCUT2D eigenvalue weighted by molar-refractivity contribution is 6.00. The average Bonchev–Trinajstić information content (AvgIpc) is 3.36. The minimum atomic E-state index is 0.120. The molecule has 1 amide bonds. The van der Waals surface area contributed by atoms with Crippen LogP contribution in [0.5, 0.6) is 0 Å². The molecule has 7 heteroatoms. The van der Waals surface area contributed by atoms with Crippen LogP contribution in [0.25, 0.3) is 22.3 Å². The number of amides is 1. The Kier molecular flexibility index (Phi) is 4.89. The average molecular weight is 427 g/mol. The fourth-order valence-electron chi connectivity index (χ4n) is 4.46. The van der Waals surface area contributed by atoms with Crippen LogP contribution in [0.4, 0.5) is 11.5 Å². The number of hydrogen-bond acceptors (Lipinski definition) is 5. The maximum atomic E-state index is 13.0. The number of fused-ring (bicyclic) bond motifs is 2. The first-order chi connectivity index (χ1) is 15.4. The van der Waals surface area contributed by atoms with E-state index in [4.69, 9.17) is 10.8 Å². The lowest BCUT2D eigenvalue weighted by Crippen LogP contribution is -2.30. The fourth-order valence-corrected chi connectivity index (χ4v) is 4.46. The van der Waals surface area contributed by atoms with E-state index in [-0.39, 0.29) is 11.9 Å². The van der Waals surface area contributed by atoms with Gasteiger partial charge in [0.1, 0.15) is 17.8 Å². The molecule has 2 N–H and O–H groups in total. The van der Waals surface area contributed by atoms with E-state index in [1.165, 1.54) is 6.33 Å².